The van der Waals surface area contributed by atoms with Gasteiger partial charge >= 0.3 is 5.97 Å². The van der Waals surface area contributed by atoms with Crippen molar-refractivity contribution >= 4 is 11.8 Å². The summed E-state index contributed by atoms with van der Waals surface area (Å²) in [5, 5.41) is 0. The van der Waals surface area contributed by atoms with Crippen LogP contribution in [0.4, 0.5) is 0 Å². The highest BCUT2D eigenvalue weighted by molar-refractivity contribution is 5.94. The second kappa shape index (κ2) is 2.98. The van der Waals surface area contributed by atoms with Crippen molar-refractivity contribution in [2.45, 2.75) is 19.3 Å². The van der Waals surface area contributed by atoms with Gasteiger partial charge in [0.05, 0.1) is 7.11 Å². The second-order valence-corrected chi connectivity index (χ2v) is 3.60. The average Bonchev–Trinajstić information content (AvgIpc) is 2.68. The molecular formula is C10H12O3. The average molecular weight is 180 g/mol. The number of methoxy groups -OCH3 is 1. The summed E-state index contributed by atoms with van der Waals surface area (Å²) in [5.41, 5.74) is 0.721. The third-order valence-electron chi connectivity index (χ3n) is 3.01. The Balaban J connectivity index is 2.17. The smallest absolute Gasteiger partial charge is 0.333 e. The van der Waals surface area contributed by atoms with Crippen LogP contribution in [-0.2, 0) is 14.3 Å². The zero-order valence-corrected chi connectivity index (χ0v) is 7.58. The number of Topliss-reactive ketones (excluding diaryl/α,β-unsaturated/α-hetero) is 1. The van der Waals surface area contributed by atoms with Crippen LogP contribution in [-0.4, -0.2) is 18.9 Å². The van der Waals surface area contributed by atoms with Gasteiger partial charge in [0.15, 0.2) is 0 Å². The van der Waals surface area contributed by atoms with E-state index in [4.69, 9.17) is 0 Å². The summed E-state index contributed by atoms with van der Waals surface area (Å²) in [5.74, 6) is 0.274. The van der Waals surface area contributed by atoms with E-state index in [1.54, 1.807) is 0 Å². The Bertz CT molecular complexity index is 291. The van der Waals surface area contributed by atoms with Crippen LogP contribution >= 0.6 is 0 Å². The van der Waals surface area contributed by atoms with E-state index in [1.807, 2.05) is 6.08 Å². The van der Waals surface area contributed by atoms with Gasteiger partial charge in [0.25, 0.3) is 0 Å². The molecule has 0 heterocycles. The number of rotatable bonds is 1. The monoisotopic (exact) mass is 180 g/mol. The zero-order valence-electron chi connectivity index (χ0n) is 7.58. The lowest BCUT2D eigenvalue weighted by molar-refractivity contribution is -0.136. The summed E-state index contributed by atoms with van der Waals surface area (Å²) >= 11 is 0. The Labute approximate surface area is 76.8 Å². The lowest BCUT2D eigenvalue weighted by Crippen LogP contribution is -2.15. The molecule has 0 amide bonds. The van der Waals surface area contributed by atoms with Crippen LogP contribution < -0.4 is 0 Å². The number of hydrogen-bond donors (Lipinski definition) is 0. The highest BCUT2D eigenvalue weighted by atomic mass is 16.5. The van der Waals surface area contributed by atoms with E-state index in [-0.39, 0.29) is 17.8 Å². The highest BCUT2D eigenvalue weighted by Gasteiger charge is 2.42. The minimum atomic E-state index is -0.262. The van der Waals surface area contributed by atoms with Crippen LogP contribution in [0.25, 0.3) is 0 Å². The lowest BCUT2D eigenvalue weighted by atomic mass is 9.94. The Morgan fingerprint density at radius 3 is 3.00 bits per heavy atom. The summed E-state index contributed by atoms with van der Waals surface area (Å²) in [6.45, 7) is 0. The number of esters is 1. The number of ether oxygens (including phenoxy) is 1. The summed E-state index contributed by atoms with van der Waals surface area (Å²) < 4.78 is 4.66. The van der Waals surface area contributed by atoms with Gasteiger partial charge in [-0.25, -0.2) is 4.79 Å². The highest BCUT2D eigenvalue weighted by Crippen LogP contribution is 2.42. The number of allylic oxidation sites excluding steroid dienone is 1. The number of carbonyl (C=O) groups is 2. The molecule has 3 nitrogen and oxygen atoms in total. The van der Waals surface area contributed by atoms with Gasteiger partial charge in [0, 0.05) is 23.8 Å². The fourth-order valence-corrected chi connectivity index (χ4v) is 2.33. The van der Waals surface area contributed by atoms with Crippen molar-refractivity contribution < 1.29 is 14.3 Å². The summed E-state index contributed by atoms with van der Waals surface area (Å²) in [6.07, 6.45) is 4.04. The fraction of sp³-hybridized carbons (Fsp3) is 0.600. The quantitative estimate of drug-likeness (QED) is 0.567. The molecule has 0 aliphatic heterocycles. The molecule has 0 N–H and O–H groups in total. The first-order valence-corrected chi connectivity index (χ1v) is 4.55. The van der Waals surface area contributed by atoms with Crippen LogP contribution in [0.3, 0.4) is 0 Å². The largest absolute Gasteiger partial charge is 0.466 e. The molecule has 2 aliphatic carbocycles. The Morgan fingerprint density at radius 2 is 2.31 bits per heavy atom. The van der Waals surface area contributed by atoms with Gasteiger partial charge in [0.2, 0.25) is 0 Å². The van der Waals surface area contributed by atoms with E-state index in [9.17, 15) is 9.59 Å². The number of hydrogen-bond acceptors (Lipinski definition) is 3. The molecule has 70 valence electrons. The molecule has 1 saturated carbocycles. The first-order chi connectivity index (χ1) is 6.24. The molecule has 2 atom stereocenters. The molecule has 2 aliphatic rings. The molecule has 0 saturated heterocycles. The maximum Gasteiger partial charge on any atom is 0.333 e. The van der Waals surface area contributed by atoms with Crippen molar-refractivity contribution in [3.8, 4) is 0 Å². The molecule has 0 spiro atoms. The van der Waals surface area contributed by atoms with Crippen LogP contribution in [0.15, 0.2) is 11.6 Å². The van der Waals surface area contributed by atoms with Gasteiger partial charge in [-0.3, -0.25) is 4.79 Å². The standard InChI is InChI=1S/C10H12O3/c1-13-10(12)8-3-2-7-6(8)4-5-9(7)11/h3,6-7H,2,4-5H2,1H3/t6-,7-/m0/s1. The zero-order chi connectivity index (χ0) is 9.42. The molecule has 0 aromatic heterocycles. The van der Waals surface area contributed by atoms with Gasteiger partial charge in [-0.2, -0.15) is 0 Å². The molecule has 0 unspecified atom stereocenters. The van der Waals surface area contributed by atoms with Gasteiger partial charge in [-0.1, -0.05) is 6.08 Å². The van der Waals surface area contributed by atoms with Crippen molar-refractivity contribution in [2.24, 2.45) is 11.8 Å². The first-order valence-electron chi connectivity index (χ1n) is 4.55. The maximum atomic E-state index is 11.3. The molecule has 3 heteroatoms. The molecule has 0 aromatic rings. The van der Waals surface area contributed by atoms with Crippen LogP contribution in [0.5, 0.6) is 0 Å². The molecule has 0 bridgehead atoms. The van der Waals surface area contributed by atoms with E-state index in [1.165, 1.54) is 7.11 Å². The fourth-order valence-electron chi connectivity index (χ4n) is 2.33. The summed E-state index contributed by atoms with van der Waals surface area (Å²) in [7, 11) is 1.38. The van der Waals surface area contributed by atoms with Gasteiger partial charge < -0.3 is 4.74 Å². The van der Waals surface area contributed by atoms with Crippen LogP contribution in [0.2, 0.25) is 0 Å². The molecule has 0 aromatic carbocycles. The topological polar surface area (TPSA) is 43.4 Å². The Morgan fingerprint density at radius 1 is 1.54 bits per heavy atom. The third-order valence-corrected chi connectivity index (χ3v) is 3.01. The van der Waals surface area contributed by atoms with E-state index in [2.05, 4.69) is 4.74 Å². The first kappa shape index (κ1) is 8.48. The van der Waals surface area contributed by atoms with E-state index in [0.717, 1.165) is 18.4 Å². The SMILES string of the molecule is COC(=O)C1=CC[C@@H]2C(=O)CC[C@H]12. The number of carbonyl (C=O) groups excluding carboxylic acids is 2. The van der Waals surface area contributed by atoms with Gasteiger partial charge in [0.1, 0.15) is 5.78 Å². The van der Waals surface area contributed by atoms with Crippen molar-refractivity contribution in [1.82, 2.24) is 0 Å². The van der Waals surface area contributed by atoms with E-state index < -0.39 is 0 Å². The van der Waals surface area contributed by atoms with Crippen molar-refractivity contribution in [3.05, 3.63) is 11.6 Å². The van der Waals surface area contributed by atoms with E-state index >= 15 is 0 Å². The Hall–Kier alpha value is -1.12. The molecule has 13 heavy (non-hydrogen) atoms. The molecule has 2 rings (SSSR count). The Kier molecular flexibility index (Phi) is 1.94. The minimum absolute atomic E-state index is 0.0779. The van der Waals surface area contributed by atoms with Crippen LogP contribution in [0.1, 0.15) is 19.3 Å². The van der Waals surface area contributed by atoms with Crippen molar-refractivity contribution in [3.63, 3.8) is 0 Å². The minimum Gasteiger partial charge on any atom is -0.466 e. The molecular weight excluding hydrogens is 168 g/mol. The van der Waals surface area contributed by atoms with Crippen LogP contribution in [0, 0.1) is 11.8 Å². The third kappa shape index (κ3) is 1.19. The van der Waals surface area contributed by atoms with Gasteiger partial charge in [-0.15, -0.1) is 0 Å². The number of fused-ring (bicyclic) bond motifs is 1. The lowest BCUT2D eigenvalue weighted by Gasteiger charge is -2.10. The summed E-state index contributed by atoms with van der Waals surface area (Å²) in [6, 6.07) is 0. The normalized spacial score (nSPS) is 31.5. The molecule has 1 fully saturated rings. The number of ketones is 1. The molecule has 0 radical (unpaired) electrons. The summed E-state index contributed by atoms with van der Waals surface area (Å²) in [4.78, 5) is 22.6. The maximum absolute atomic E-state index is 11.3. The van der Waals surface area contributed by atoms with Crippen molar-refractivity contribution in [2.75, 3.05) is 7.11 Å². The predicted molar refractivity (Wildman–Crippen MR) is 45.9 cm³/mol. The van der Waals surface area contributed by atoms with Gasteiger partial charge in [-0.05, 0) is 12.8 Å². The predicted octanol–water partition coefficient (Wildman–Crippen LogP) is 1.08. The van der Waals surface area contributed by atoms with E-state index in [0.29, 0.717) is 12.2 Å². The second-order valence-electron chi connectivity index (χ2n) is 3.60. The van der Waals surface area contributed by atoms with Crippen molar-refractivity contribution in [1.29, 1.82) is 0 Å².